The van der Waals surface area contributed by atoms with E-state index in [0.29, 0.717) is 13.1 Å². The topological polar surface area (TPSA) is 51.0 Å². The maximum Gasteiger partial charge on any atom is 0.256 e. The van der Waals surface area contributed by atoms with Crippen molar-refractivity contribution in [2.45, 2.75) is 51.0 Å². The molecule has 2 aliphatic rings. The van der Waals surface area contributed by atoms with Crippen molar-refractivity contribution >= 4 is 5.91 Å². The minimum Gasteiger partial charge on any atom is -0.339 e. The molecule has 0 saturated carbocycles. The lowest BCUT2D eigenvalue weighted by Gasteiger charge is -2.32. The van der Waals surface area contributed by atoms with Gasteiger partial charge in [-0.1, -0.05) is 6.42 Å². The van der Waals surface area contributed by atoms with Crippen LogP contribution in [0.15, 0.2) is 18.2 Å². The average molecular weight is 360 g/mol. The zero-order valence-corrected chi connectivity index (χ0v) is 14.6. The summed E-state index contributed by atoms with van der Waals surface area (Å²) < 4.78 is 29.2. The first-order valence-electron chi connectivity index (χ1n) is 9.30. The Labute approximate surface area is 151 Å². The molecule has 0 radical (unpaired) electrons. The van der Waals surface area contributed by atoms with Gasteiger partial charge in [-0.05, 0) is 37.8 Å². The van der Waals surface area contributed by atoms with Crippen LogP contribution in [-0.4, -0.2) is 38.7 Å². The third kappa shape index (κ3) is 3.22. The molecule has 1 aromatic carbocycles. The molecule has 1 amide bonds. The number of rotatable bonds is 2. The SMILES string of the molecule is O=C(c1ccc(F)cc1F)N1CCC(c2nnc3n2CCCCC3)CC1. The smallest absolute Gasteiger partial charge is 0.256 e. The summed E-state index contributed by atoms with van der Waals surface area (Å²) in [6.45, 7) is 2.06. The molecule has 2 aromatic rings. The first-order chi connectivity index (χ1) is 12.6. The van der Waals surface area contributed by atoms with Crippen molar-refractivity contribution in [3.05, 3.63) is 47.0 Å². The number of amides is 1. The Morgan fingerprint density at radius 2 is 1.85 bits per heavy atom. The van der Waals surface area contributed by atoms with Crippen molar-refractivity contribution in [1.29, 1.82) is 0 Å². The molecule has 1 aromatic heterocycles. The summed E-state index contributed by atoms with van der Waals surface area (Å²) in [5.74, 6) is 0.522. The summed E-state index contributed by atoms with van der Waals surface area (Å²) in [5.41, 5.74) is -0.0683. The number of fused-ring (bicyclic) bond motifs is 1. The van der Waals surface area contributed by atoms with Crippen LogP contribution in [0.25, 0.3) is 0 Å². The highest BCUT2D eigenvalue weighted by atomic mass is 19.1. The molecule has 5 nitrogen and oxygen atoms in total. The summed E-state index contributed by atoms with van der Waals surface area (Å²) in [7, 11) is 0. The Morgan fingerprint density at radius 1 is 1.04 bits per heavy atom. The first-order valence-corrected chi connectivity index (χ1v) is 9.30. The molecule has 2 aliphatic heterocycles. The second-order valence-corrected chi connectivity index (χ2v) is 7.13. The molecule has 1 saturated heterocycles. The quantitative estimate of drug-likeness (QED) is 0.826. The Hall–Kier alpha value is -2.31. The van der Waals surface area contributed by atoms with Crippen molar-refractivity contribution in [2.24, 2.45) is 0 Å². The van der Waals surface area contributed by atoms with Gasteiger partial charge in [-0.2, -0.15) is 0 Å². The fourth-order valence-corrected chi connectivity index (χ4v) is 3.98. The highest BCUT2D eigenvalue weighted by Crippen LogP contribution is 2.29. The van der Waals surface area contributed by atoms with Crippen LogP contribution in [0.3, 0.4) is 0 Å². The van der Waals surface area contributed by atoms with E-state index in [1.54, 1.807) is 4.90 Å². The largest absolute Gasteiger partial charge is 0.339 e. The minimum absolute atomic E-state index is 0.0683. The van der Waals surface area contributed by atoms with Gasteiger partial charge < -0.3 is 9.47 Å². The monoisotopic (exact) mass is 360 g/mol. The third-order valence-electron chi connectivity index (χ3n) is 5.45. The molecule has 0 atom stereocenters. The molecule has 1 fully saturated rings. The van der Waals surface area contributed by atoms with Crippen molar-refractivity contribution in [2.75, 3.05) is 13.1 Å². The average Bonchev–Trinajstić information content (AvgIpc) is 2.89. The number of piperidine rings is 1. The summed E-state index contributed by atoms with van der Waals surface area (Å²) in [5, 5.41) is 8.78. The second kappa shape index (κ2) is 7.13. The number of hydrogen-bond acceptors (Lipinski definition) is 3. The predicted molar refractivity (Wildman–Crippen MR) is 91.8 cm³/mol. The second-order valence-electron chi connectivity index (χ2n) is 7.13. The molecule has 7 heteroatoms. The van der Waals surface area contributed by atoms with Gasteiger partial charge in [0.15, 0.2) is 0 Å². The van der Waals surface area contributed by atoms with E-state index in [2.05, 4.69) is 14.8 Å². The van der Waals surface area contributed by atoms with Crippen molar-refractivity contribution in [1.82, 2.24) is 19.7 Å². The number of benzene rings is 1. The van der Waals surface area contributed by atoms with E-state index in [0.717, 1.165) is 62.4 Å². The van der Waals surface area contributed by atoms with Gasteiger partial charge >= 0.3 is 0 Å². The predicted octanol–water partition coefficient (Wildman–Crippen LogP) is 3.30. The standard InChI is InChI=1S/C19H22F2N4O/c20-14-5-6-15(16(21)12-14)19(26)24-10-7-13(8-11-24)18-23-22-17-4-2-1-3-9-25(17)18/h5-6,12-13H,1-4,7-11H2. The van der Waals surface area contributed by atoms with Gasteiger partial charge in [0.2, 0.25) is 0 Å². The Kier molecular flexibility index (Phi) is 4.70. The van der Waals surface area contributed by atoms with Crippen molar-refractivity contribution < 1.29 is 13.6 Å². The van der Waals surface area contributed by atoms with Gasteiger partial charge in [0, 0.05) is 38.0 Å². The maximum atomic E-state index is 13.9. The minimum atomic E-state index is -0.806. The van der Waals surface area contributed by atoms with Gasteiger partial charge in [0.1, 0.15) is 23.3 Å². The third-order valence-corrected chi connectivity index (χ3v) is 5.45. The number of carbonyl (C=O) groups is 1. The van der Waals surface area contributed by atoms with E-state index in [4.69, 9.17) is 0 Å². The fraction of sp³-hybridized carbons (Fsp3) is 0.526. The summed E-state index contributed by atoms with van der Waals surface area (Å²) in [6, 6.07) is 3.09. The molecule has 3 heterocycles. The van der Waals surface area contributed by atoms with Crippen LogP contribution < -0.4 is 0 Å². The maximum absolute atomic E-state index is 13.9. The Bertz CT molecular complexity index is 812. The van der Waals surface area contributed by atoms with Crippen LogP contribution in [0.5, 0.6) is 0 Å². The van der Waals surface area contributed by atoms with Crippen LogP contribution in [0.4, 0.5) is 8.78 Å². The molecule has 4 rings (SSSR count). The normalized spacial score (nSPS) is 18.5. The zero-order valence-electron chi connectivity index (χ0n) is 14.6. The number of likely N-dealkylation sites (tertiary alicyclic amines) is 1. The number of aromatic nitrogens is 3. The first kappa shape index (κ1) is 17.1. The molecule has 0 unspecified atom stereocenters. The molecular weight excluding hydrogens is 338 g/mol. The number of nitrogens with zero attached hydrogens (tertiary/aromatic N) is 4. The van der Waals surface area contributed by atoms with Gasteiger partial charge in [-0.3, -0.25) is 4.79 Å². The van der Waals surface area contributed by atoms with Crippen LogP contribution in [0.1, 0.15) is 60.0 Å². The highest BCUT2D eigenvalue weighted by molar-refractivity contribution is 5.94. The summed E-state index contributed by atoms with van der Waals surface area (Å²) in [4.78, 5) is 14.2. The molecule has 0 spiro atoms. The molecule has 0 N–H and O–H groups in total. The Morgan fingerprint density at radius 3 is 2.62 bits per heavy atom. The number of carbonyl (C=O) groups excluding carboxylic acids is 1. The molecule has 0 aliphatic carbocycles. The Balaban J connectivity index is 1.44. The molecule has 138 valence electrons. The fourth-order valence-electron chi connectivity index (χ4n) is 3.98. The molecular formula is C19H22F2N4O. The number of aryl methyl sites for hydroxylation is 1. The lowest BCUT2D eigenvalue weighted by atomic mass is 9.95. The van der Waals surface area contributed by atoms with E-state index in [1.165, 1.54) is 12.5 Å². The highest BCUT2D eigenvalue weighted by Gasteiger charge is 2.29. The number of halogens is 2. The van der Waals surface area contributed by atoms with E-state index >= 15 is 0 Å². The van der Waals surface area contributed by atoms with Crippen LogP contribution in [0, 0.1) is 11.6 Å². The van der Waals surface area contributed by atoms with Crippen molar-refractivity contribution in [3.8, 4) is 0 Å². The van der Waals surface area contributed by atoms with E-state index < -0.39 is 11.6 Å². The summed E-state index contributed by atoms with van der Waals surface area (Å²) >= 11 is 0. The van der Waals surface area contributed by atoms with E-state index in [1.807, 2.05) is 0 Å². The molecule has 0 bridgehead atoms. The van der Waals surface area contributed by atoms with Gasteiger partial charge in [-0.15, -0.1) is 10.2 Å². The van der Waals surface area contributed by atoms with E-state index in [9.17, 15) is 13.6 Å². The summed E-state index contributed by atoms with van der Waals surface area (Å²) in [6.07, 6.45) is 6.08. The van der Waals surface area contributed by atoms with Gasteiger partial charge in [0.05, 0.1) is 5.56 Å². The zero-order chi connectivity index (χ0) is 18.1. The van der Waals surface area contributed by atoms with Crippen LogP contribution in [0.2, 0.25) is 0 Å². The van der Waals surface area contributed by atoms with E-state index in [-0.39, 0.29) is 17.4 Å². The van der Waals surface area contributed by atoms with Gasteiger partial charge in [0.25, 0.3) is 5.91 Å². The molecule has 26 heavy (non-hydrogen) atoms. The van der Waals surface area contributed by atoms with Crippen LogP contribution >= 0.6 is 0 Å². The van der Waals surface area contributed by atoms with Crippen molar-refractivity contribution in [3.63, 3.8) is 0 Å². The van der Waals surface area contributed by atoms with Gasteiger partial charge in [-0.25, -0.2) is 8.78 Å². The number of hydrogen-bond donors (Lipinski definition) is 0. The lowest BCUT2D eigenvalue weighted by molar-refractivity contribution is 0.0705. The van der Waals surface area contributed by atoms with Crippen LogP contribution in [-0.2, 0) is 13.0 Å². The lowest BCUT2D eigenvalue weighted by Crippen LogP contribution is -2.38.